The maximum absolute atomic E-state index is 15.0. The standard InChI is InChI=1S/C27H37FO2/c1-3-27(14-18-9-17(2)10-19(11-18)15-27)16-30-25-13-24(28)23(12-22(25)20-7-8-20)26(29)21-5-4-6-21/h12-13,17-21H,3-11,14-16H2,1-2H3. The highest BCUT2D eigenvalue weighted by atomic mass is 19.1. The van der Waals surface area contributed by atoms with Crippen molar-refractivity contribution in [3.63, 3.8) is 0 Å². The number of ketones is 1. The molecule has 0 radical (unpaired) electrons. The van der Waals surface area contributed by atoms with Gasteiger partial charge < -0.3 is 4.74 Å². The predicted molar refractivity (Wildman–Crippen MR) is 117 cm³/mol. The van der Waals surface area contributed by atoms with Crippen molar-refractivity contribution in [2.75, 3.05) is 6.61 Å². The van der Waals surface area contributed by atoms with Gasteiger partial charge in [0, 0.05) is 17.4 Å². The van der Waals surface area contributed by atoms with Gasteiger partial charge in [-0.3, -0.25) is 4.79 Å². The second-order valence-electron chi connectivity index (χ2n) is 11.2. The molecule has 1 aromatic carbocycles. The largest absolute Gasteiger partial charge is 0.493 e. The van der Waals surface area contributed by atoms with E-state index in [2.05, 4.69) is 13.8 Å². The summed E-state index contributed by atoms with van der Waals surface area (Å²) in [5.41, 5.74) is 1.61. The molecular weight excluding hydrogens is 375 g/mol. The van der Waals surface area contributed by atoms with Crippen molar-refractivity contribution in [2.45, 2.75) is 90.4 Å². The lowest BCUT2D eigenvalue weighted by atomic mass is 9.58. The van der Waals surface area contributed by atoms with Crippen LogP contribution in [0.1, 0.15) is 106 Å². The first-order chi connectivity index (χ1) is 14.5. The van der Waals surface area contributed by atoms with Gasteiger partial charge in [-0.1, -0.05) is 20.3 Å². The van der Waals surface area contributed by atoms with E-state index in [0.717, 1.165) is 61.8 Å². The Kier molecular flexibility index (Phi) is 5.44. The molecular formula is C27H37FO2. The summed E-state index contributed by atoms with van der Waals surface area (Å²) >= 11 is 0. The van der Waals surface area contributed by atoms with E-state index in [0.29, 0.717) is 23.8 Å². The van der Waals surface area contributed by atoms with Gasteiger partial charge in [-0.25, -0.2) is 4.39 Å². The Balaban J connectivity index is 1.35. The zero-order valence-corrected chi connectivity index (χ0v) is 18.7. The Labute approximate surface area is 181 Å². The van der Waals surface area contributed by atoms with Gasteiger partial charge in [-0.2, -0.15) is 0 Å². The molecule has 164 valence electrons. The van der Waals surface area contributed by atoms with Crippen LogP contribution in [0.2, 0.25) is 0 Å². The SMILES string of the molecule is CCC1(COc2cc(F)c(C(=O)C3CCC3)cc2C2CC2)CC2CC(C)CC(C2)C1. The summed E-state index contributed by atoms with van der Waals surface area (Å²) in [5, 5.41) is 0. The minimum absolute atomic E-state index is 0.00598. The van der Waals surface area contributed by atoms with E-state index in [9.17, 15) is 9.18 Å². The number of carbonyl (C=O) groups excluding carboxylic acids is 1. The fraction of sp³-hybridized carbons (Fsp3) is 0.741. The summed E-state index contributed by atoms with van der Waals surface area (Å²) in [6, 6.07) is 3.38. The van der Waals surface area contributed by atoms with Crippen molar-refractivity contribution in [2.24, 2.45) is 29.1 Å². The molecule has 4 saturated carbocycles. The minimum atomic E-state index is -0.383. The molecule has 0 amide bonds. The predicted octanol–water partition coefficient (Wildman–Crippen LogP) is 7.31. The summed E-state index contributed by atoms with van der Waals surface area (Å²) in [6.07, 6.45) is 12.9. The van der Waals surface area contributed by atoms with Gasteiger partial charge in [-0.05, 0) is 99.5 Å². The number of rotatable bonds is 7. The molecule has 0 aliphatic heterocycles. The van der Waals surface area contributed by atoms with E-state index in [1.54, 1.807) is 0 Å². The zero-order chi connectivity index (χ0) is 20.9. The van der Waals surface area contributed by atoms with Crippen molar-refractivity contribution < 1.29 is 13.9 Å². The first-order valence-corrected chi connectivity index (χ1v) is 12.5. The highest BCUT2D eigenvalue weighted by Gasteiger charge is 2.43. The van der Waals surface area contributed by atoms with Gasteiger partial charge in [0.15, 0.2) is 5.78 Å². The molecule has 2 atom stereocenters. The van der Waals surface area contributed by atoms with E-state index in [1.165, 1.54) is 38.2 Å². The second kappa shape index (κ2) is 7.95. The third-order valence-corrected chi connectivity index (χ3v) is 8.72. The number of fused-ring (bicyclic) bond motifs is 2. The van der Waals surface area contributed by atoms with E-state index in [-0.39, 0.29) is 22.9 Å². The number of benzene rings is 1. The van der Waals surface area contributed by atoms with Crippen molar-refractivity contribution >= 4 is 5.78 Å². The molecule has 3 heteroatoms. The Morgan fingerprint density at radius 2 is 1.80 bits per heavy atom. The lowest BCUT2D eigenvalue weighted by Crippen LogP contribution is -2.41. The van der Waals surface area contributed by atoms with Gasteiger partial charge in [0.25, 0.3) is 0 Å². The Hall–Kier alpha value is -1.38. The maximum atomic E-state index is 15.0. The van der Waals surface area contributed by atoms with E-state index in [1.807, 2.05) is 6.07 Å². The molecule has 0 aromatic heterocycles. The molecule has 4 fully saturated rings. The Bertz CT molecular complexity index is 789. The Morgan fingerprint density at radius 3 is 2.37 bits per heavy atom. The summed E-state index contributed by atoms with van der Waals surface area (Å²) < 4.78 is 21.4. The molecule has 1 aromatic rings. The minimum Gasteiger partial charge on any atom is -0.493 e. The lowest BCUT2D eigenvalue weighted by molar-refractivity contribution is -0.000677. The molecule has 2 unspecified atom stereocenters. The highest BCUT2D eigenvalue weighted by Crippen LogP contribution is 2.52. The number of hydrogen-bond donors (Lipinski definition) is 0. The molecule has 0 N–H and O–H groups in total. The smallest absolute Gasteiger partial charge is 0.168 e. The van der Waals surface area contributed by atoms with Gasteiger partial charge in [-0.15, -0.1) is 0 Å². The molecule has 4 aliphatic rings. The third kappa shape index (κ3) is 3.94. The fourth-order valence-corrected chi connectivity index (χ4v) is 6.77. The van der Waals surface area contributed by atoms with E-state index in [4.69, 9.17) is 4.74 Å². The van der Waals surface area contributed by atoms with Crippen LogP contribution in [0, 0.1) is 34.9 Å². The maximum Gasteiger partial charge on any atom is 0.168 e. The second-order valence-corrected chi connectivity index (χ2v) is 11.2. The van der Waals surface area contributed by atoms with Crippen LogP contribution in [0.25, 0.3) is 0 Å². The summed E-state index contributed by atoms with van der Waals surface area (Å²) in [7, 11) is 0. The molecule has 4 aliphatic carbocycles. The van der Waals surface area contributed by atoms with Crippen LogP contribution >= 0.6 is 0 Å². The summed E-state index contributed by atoms with van der Waals surface area (Å²) in [6.45, 7) is 5.41. The van der Waals surface area contributed by atoms with Crippen LogP contribution in [-0.2, 0) is 0 Å². The lowest BCUT2D eigenvalue weighted by Gasteiger charge is -2.48. The fourth-order valence-electron chi connectivity index (χ4n) is 6.77. The highest BCUT2D eigenvalue weighted by molar-refractivity contribution is 5.99. The van der Waals surface area contributed by atoms with Crippen molar-refractivity contribution in [1.82, 2.24) is 0 Å². The average Bonchev–Trinajstić information content (AvgIpc) is 3.49. The molecule has 2 nitrogen and oxygen atoms in total. The first kappa shape index (κ1) is 20.5. The number of hydrogen-bond acceptors (Lipinski definition) is 2. The topological polar surface area (TPSA) is 26.3 Å². The monoisotopic (exact) mass is 412 g/mol. The van der Waals surface area contributed by atoms with Gasteiger partial charge >= 0.3 is 0 Å². The number of ether oxygens (including phenoxy) is 1. The molecule has 0 spiro atoms. The molecule has 2 bridgehead atoms. The van der Waals surface area contributed by atoms with Crippen molar-refractivity contribution in [3.8, 4) is 5.75 Å². The van der Waals surface area contributed by atoms with Crippen LogP contribution in [-0.4, -0.2) is 12.4 Å². The Morgan fingerprint density at radius 1 is 1.10 bits per heavy atom. The van der Waals surface area contributed by atoms with Crippen LogP contribution in [0.3, 0.4) is 0 Å². The number of carbonyl (C=O) groups is 1. The van der Waals surface area contributed by atoms with Gasteiger partial charge in [0.2, 0.25) is 0 Å². The first-order valence-electron chi connectivity index (χ1n) is 12.5. The summed E-state index contributed by atoms with van der Waals surface area (Å²) in [5.74, 6) is 3.33. The summed E-state index contributed by atoms with van der Waals surface area (Å²) in [4.78, 5) is 12.7. The van der Waals surface area contributed by atoms with Crippen LogP contribution in [0.5, 0.6) is 5.75 Å². The normalized spacial score (nSPS) is 33.8. The number of halogens is 1. The van der Waals surface area contributed by atoms with Gasteiger partial charge in [0.1, 0.15) is 11.6 Å². The van der Waals surface area contributed by atoms with Gasteiger partial charge in [0.05, 0.1) is 12.2 Å². The third-order valence-electron chi connectivity index (χ3n) is 8.72. The average molecular weight is 413 g/mol. The van der Waals surface area contributed by atoms with Crippen LogP contribution in [0.15, 0.2) is 12.1 Å². The van der Waals surface area contributed by atoms with Crippen molar-refractivity contribution in [3.05, 3.63) is 29.1 Å². The number of Topliss-reactive ketones (excluding diaryl/α,β-unsaturated/α-hetero) is 1. The van der Waals surface area contributed by atoms with E-state index >= 15 is 0 Å². The molecule has 30 heavy (non-hydrogen) atoms. The van der Waals surface area contributed by atoms with E-state index < -0.39 is 0 Å². The molecule has 5 rings (SSSR count). The van der Waals surface area contributed by atoms with Crippen LogP contribution < -0.4 is 4.74 Å². The quantitative estimate of drug-likeness (QED) is 0.439. The molecule has 0 heterocycles. The molecule has 0 saturated heterocycles. The van der Waals surface area contributed by atoms with Crippen molar-refractivity contribution in [1.29, 1.82) is 0 Å². The van der Waals surface area contributed by atoms with Crippen LogP contribution in [0.4, 0.5) is 4.39 Å². The zero-order valence-electron chi connectivity index (χ0n) is 18.7.